The third kappa shape index (κ3) is 4.60. The Morgan fingerprint density at radius 1 is 1.11 bits per heavy atom. The van der Waals surface area contributed by atoms with Gasteiger partial charge in [0.15, 0.2) is 0 Å². The lowest BCUT2D eigenvalue weighted by molar-refractivity contribution is -0.119. The zero-order valence-corrected chi connectivity index (χ0v) is 20.0. The lowest BCUT2D eigenvalue weighted by Gasteiger charge is -2.27. The number of aryl methyl sites for hydroxylation is 2. The predicted octanol–water partition coefficient (Wildman–Crippen LogP) is 2.76. The first-order valence-electron chi connectivity index (χ1n) is 11.7. The van der Waals surface area contributed by atoms with Gasteiger partial charge >= 0.3 is 5.69 Å². The molecular weight excluding hydrogens is 453 g/mol. The third-order valence-corrected chi connectivity index (χ3v) is 6.36. The van der Waals surface area contributed by atoms with Crippen LogP contribution in [0.5, 0.6) is 0 Å². The van der Waals surface area contributed by atoms with Crippen LogP contribution in [0, 0.1) is 12.7 Å². The Bertz CT molecular complexity index is 1400. The van der Waals surface area contributed by atoms with E-state index in [1.165, 1.54) is 35.9 Å². The summed E-state index contributed by atoms with van der Waals surface area (Å²) in [5.74, 6) is -1.34. The van der Waals surface area contributed by atoms with Crippen molar-refractivity contribution >= 4 is 28.5 Å². The Kier molecular flexibility index (Phi) is 6.81. The van der Waals surface area contributed by atoms with Gasteiger partial charge in [0.2, 0.25) is 5.91 Å². The van der Waals surface area contributed by atoms with Gasteiger partial charge in [0, 0.05) is 31.5 Å². The minimum Gasteiger partial charge on any atom is -0.339 e. The molecule has 9 nitrogen and oxygen atoms in total. The SMILES string of the molecule is CCC(C(=O)Nc1ccc(F)cc1)n1c(=O)c2c(C(=O)N3CCCCC3)cc(C)nc2n(C)c1=O. The second kappa shape index (κ2) is 9.81. The lowest BCUT2D eigenvalue weighted by atomic mass is 10.1. The van der Waals surface area contributed by atoms with E-state index >= 15 is 0 Å². The van der Waals surface area contributed by atoms with Crippen molar-refractivity contribution < 1.29 is 14.0 Å². The van der Waals surface area contributed by atoms with Crippen LogP contribution in [0.1, 0.15) is 54.7 Å². The molecule has 1 fully saturated rings. The second-order valence-corrected chi connectivity index (χ2v) is 8.80. The summed E-state index contributed by atoms with van der Waals surface area (Å²) in [6.45, 7) is 4.57. The maximum absolute atomic E-state index is 13.7. The number of anilines is 1. The number of halogens is 1. The number of fused-ring (bicyclic) bond motifs is 1. The van der Waals surface area contributed by atoms with Gasteiger partial charge in [0.05, 0.1) is 10.9 Å². The monoisotopic (exact) mass is 481 g/mol. The van der Waals surface area contributed by atoms with Crippen molar-refractivity contribution in [2.45, 2.75) is 45.6 Å². The number of hydrogen-bond acceptors (Lipinski definition) is 5. The molecule has 1 atom stereocenters. The number of nitrogens with one attached hydrogen (secondary N) is 1. The highest BCUT2D eigenvalue weighted by molar-refractivity contribution is 6.05. The first kappa shape index (κ1) is 24.3. The molecule has 3 aromatic rings. The Balaban J connectivity index is 1.86. The van der Waals surface area contributed by atoms with Gasteiger partial charge < -0.3 is 10.2 Å². The fraction of sp³-hybridized carbons (Fsp3) is 0.400. The molecule has 4 rings (SSSR count). The number of pyridine rings is 1. The van der Waals surface area contributed by atoms with Crippen molar-refractivity contribution in [2.24, 2.45) is 7.05 Å². The van der Waals surface area contributed by atoms with E-state index in [4.69, 9.17) is 0 Å². The summed E-state index contributed by atoms with van der Waals surface area (Å²) < 4.78 is 15.3. The summed E-state index contributed by atoms with van der Waals surface area (Å²) >= 11 is 0. The molecule has 0 aliphatic carbocycles. The summed E-state index contributed by atoms with van der Waals surface area (Å²) in [7, 11) is 1.47. The van der Waals surface area contributed by atoms with Crippen molar-refractivity contribution in [2.75, 3.05) is 18.4 Å². The minimum absolute atomic E-state index is 0.0151. The number of likely N-dealkylation sites (tertiary alicyclic amines) is 1. The molecule has 2 amide bonds. The van der Waals surface area contributed by atoms with E-state index in [1.807, 2.05) is 0 Å². The number of nitrogens with zero attached hydrogens (tertiary/aromatic N) is 4. The molecule has 2 aromatic heterocycles. The highest BCUT2D eigenvalue weighted by Gasteiger charge is 2.29. The van der Waals surface area contributed by atoms with Gasteiger partial charge in [-0.2, -0.15) is 0 Å². The Morgan fingerprint density at radius 3 is 2.40 bits per heavy atom. The van der Waals surface area contributed by atoms with Crippen molar-refractivity contribution in [3.8, 4) is 0 Å². The number of benzene rings is 1. The molecule has 3 heterocycles. The summed E-state index contributed by atoms with van der Waals surface area (Å²) in [5, 5.41) is 2.65. The highest BCUT2D eigenvalue weighted by atomic mass is 19.1. The number of piperidine rings is 1. The smallest absolute Gasteiger partial charge is 0.333 e. The van der Waals surface area contributed by atoms with Crippen LogP contribution in [0.4, 0.5) is 10.1 Å². The van der Waals surface area contributed by atoms with Crippen LogP contribution in [0.2, 0.25) is 0 Å². The Hall–Kier alpha value is -3.82. The van der Waals surface area contributed by atoms with Crippen LogP contribution in [-0.2, 0) is 11.8 Å². The van der Waals surface area contributed by atoms with Gasteiger partial charge in [0.25, 0.3) is 11.5 Å². The molecule has 1 aliphatic rings. The number of aromatic nitrogens is 3. The second-order valence-electron chi connectivity index (χ2n) is 8.80. The van der Waals surface area contributed by atoms with Gasteiger partial charge in [-0.25, -0.2) is 18.7 Å². The zero-order valence-electron chi connectivity index (χ0n) is 20.0. The van der Waals surface area contributed by atoms with Gasteiger partial charge in [-0.3, -0.25) is 19.0 Å². The molecule has 0 radical (unpaired) electrons. The molecule has 184 valence electrons. The maximum Gasteiger partial charge on any atom is 0.333 e. The summed E-state index contributed by atoms with van der Waals surface area (Å²) in [5.41, 5.74) is -0.331. The van der Waals surface area contributed by atoms with Crippen LogP contribution < -0.4 is 16.6 Å². The molecule has 1 aliphatic heterocycles. The van der Waals surface area contributed by atoms with Crippen molar-refractivity contribution in [1.82, 2.24) is 19.0 Å². The van der Waals surface area contributed by atoms with Crippen molar-refractivity contribution in [3.05, 3.63) is 68.2 Å². The van der Waals surface area contributed by atoms with Crippen LogP contribution in [-0.4, -0.2) is 43.9 Å². The molecule has 1 aromatic carbocycles. The zero-order chi connectivity index (χ0) is 25.3. The average molecular weight is 482 g/mol. The van der Waals surface area contributed by atoms with Gasteiger partial charge in [0.1, 0.15) is 17.5 Å². The van der Waals surface area contributed by atoms with E-state index in [9.17, 15) is 23.6 Å². The van der Waals surface area contributed by atoms with E-state index in [1.54, 1.807) is 24.8 Å². The number of rotatable bonds is 5. The molecule has 1 saturated heterocycles. The maximum atomic E-state index is 13.7. The minimum atomic E-state index is -1.14. The van der Waals surface area contributed by atoms with Crippen molar-refractivity contribution in [3.63, 3.8) is 0 Å². The van der Waals surface area contributed by atoms with Crippen molar-refractivity contribution in [1.29, 1.82) is 0 Å². The number of hydrogen-bond donors (Lipinski definition) is 1. The molecule has 0 saturated carbocycles. The number of carbonyl (C=O) groups excluding carboxylic acids is 2. The molecule has 10 heteroatoms. The first-order valence-corrected chi connectivity index (χ1v) is 11.7. The van der Waals surface area contributed by atoms with E-state index in [0.717, 1.165) is 23.8 Å². The molecular formula is C25H28FN5O4. The van der Waals surface area contributed by atoms with Crippen LogP contribution in [0.3, 0.4) is 0 Å². The average Bonchev–Trinajstić information content (AvgIpc) is 2.86. The van der Waals surface area contributed by atoms with E-state index in [0.29, 0.717) is 24.5 Å². The molecule has 1 N–H and O–H groups in total. The fourth-order valence-electron chi connectivity index (χ4n) is 4.52. The van der Waals surface area contributed by atoms with Gasteiger partial charge in [-0.05, 0) is 62.9 Å². The normalized spacial score (nSPS) is 14.7. The quantitative estimate of drug-likeness (QED) is 0.603. The number of carbonyl (C=O) groups is 2. The largest absolute Gasteiger partial charge is 0.339 e. The van der Waals surface area contributed by atoms with E-state index in [2.05, 4.69) is 10.3 Å². The van der Waals surface area contributed by atoms with E-state index in [-0.39, 0.29) is 28.9 Å². The summed E-state index contributed by atoms with van der Waals surface area (Å²) in [6.07, 6.45) is 2.96. The van der Waals surface area contributed by atoms with Crippen LogP contribution >= 0.6 is 0 Å². The third-order valence-electron chi connectivity index (χ3n) is 6.36. The van der Waals surface area contributed by atoms with Crippen LogP contribution in [0.25, 0.3) is 11.0 Å². The molecule has 0 spiro atoms. The molecule has 35 heavy (non-hydrogen) atoms. The fourth-order valence-corrected chi connectivity index (χ4v) is 4.52. The first-order chi connectivity index (χ1) is 16.7. The predicted molar refractivity (Wildman–Crippen MR) is 130 cm³/mol. The molecule has 0 bridgehead atoms. The van der Waals surface area contributed by atoms with E-state index < -0.39 is 29.0 Å². The summed E-state index contributed by atoms with van der Waals surface area (Å²) in [6, 6.07) is 5.60. The highest BCUT2D eigenvalue weighted by Crippen LogP contribution is 2.20. The number of amides is 2. The molecule has 1 unspecified atom stereocenters. The van der Waals surface area contributed by atoms with Crippen LogP contribution in [0.15, 0.2) is 39.9 Å². The standard InChI is InChI=1S/C25H28FN5O4/c1-4-19(22(32)28-17-10-8-16(26)9-11-17)31-24(34)20-18(23(33)30-12-6-5-7-13-30)14-15(2)27-21(20)29(3)25(31)35/h8-11,14,19H,4-7,12-13H2,1-3H3,(H,28,32). The summed E-state index contributed by atoms with van der Waals surface area (Å²) in [4.78, 5) is 59.6. The van der Waals surface area contributed by atoms with Gasteiger partial charge in [-0.1, -0.05) is 6.92 Å². The Morgan fingerprint density at radius 2 is 1.77 bits per heavy atom. The lowest BCUT2D eigenvalue weighted by Crippen LogP contribution is -2.46. The van der Waals surface area contributed by atoms with Gasteiger partial charge in [-0.15, -0.1) is 0 Å². The Labute approximate surface area is 201 Å². The topological polar surface area (TPSA) is 106 Å².